The number of benzene rings is 1. The molecular weight excluding hydrogens is 274 g/mol. The van der Waals surface area contributed by atoms with Crippen LogP contribution in [0.25, 0.3) is 11.3 Å². The van der Waals surface area contributed by atoms with Crippen LogP contribution in [0.1, 0.15) is 6.92 Å². The van der Waals surface area contributed by atoms with Gasteiger partial charge in [0.2, 0.25) is 5.13 Å². The van der Waals surface area contributed by atoms with E-state index in [0.29, 0.717) is 10.8 Å². The number of rotatable bonds is 2. The van der Waals surface area contributed by atoms with Crippen LogP contribution in [0, 0.1) is 0 Å². The molecule has 1 aromatic carbocycles. The van der Waals surface area contributed by atoms with E-state index in [2.05, 4.69) is 15.2 Å². The van der Waals surface area contributed by atoms with Gasteiger partial charge in [0.1, 0.15) is 0 Å². The Morgan fingerprint density at radius 2 is 2.05 bits per heavy atom. The molecule has 2 aromatic rings. The number of hydrogen-bond acceptors (Lipinski definition) is 6. The molecule has 1 aromatic heterocycles. The van der Waals surface area contributed by atoms with Crippen molar-refractivity contribution in [3.8, 4) is 11.3 Å². The second kappa shape index (κ2) is 4.86. The number of thiazole rings is 1. The summed E-state index contributed by atoms with van der Waals surface area (Å²) >= 11 is 1.35. The van der Waals surface area contributed by atoms with Crippen LogP contribution in [0.2, 0.25) is 0 Å². The van der Waals surface area contributed by atoms with Crippen LogP contribution < -0.4 is 10.9 Å². The van der Waals surface area contributed by atoms with E-state index in [-0.39, 0.29) is 11.6 Å². The summed E-state index contributed by atoms with van der Waals surface area (Å²) in [6.45, 7) is 1.69. The van der Waals surface area contributed by atoms with Gasteiger partial charge in [-0.2, -0.15) is 15.2 Å². The lowest BCUT2D eigenvalue weighted by Gasteiger charge is -2.05. The maximum atomic E-state index is 12.1. The minimum atomic E-state index is -0.348. The first-order chi connectivity index (χ1) is 9.70. The molecule has 100 valence electrons. The standard InChI is InChI=1S/C13H11N5OS/c1-8-11(16-14)12(19)18(17-8)13-15-10(7-20-13)9-5-3-2-4-6-9/h2-7H,14H2,1H3/b16-11+. The summed E-state index contributed by atoms with van der Waals surface area (Å²) < 4.78 is 0. The molecule has 0 saturated heterocycles. The number of nitrogens with zero attached hydrogens (tertiary/aromatic N) is 4. The highest BCUT2D eigenvalue weighted by Gasteiger charge is 2.32. The van der Waals surface area contributed by atoms with Crippen LogP contribution in [0.15, 0.2) is 45.9 Å². The summed E-state index contributed by atoms with van der Waals surface area (Å²) in [4.78, 5) is 16.5. The van der Waals surface area contributed by atoms with Gasteiger partial charge in [0.15, 0.2) is 5.71 Å². The second-order valence-electron chi connectivity index (χ2n) is 4.16. The highest BCUT2D eigenvalue weighted by atomic mass is 32.1. The van der Waals surface area contributed by atoms with Gasteiger partial charge in [0.25, 0.3) is 0 Å². The van der Waals surface area contributed by atoms with Gasteiger partial charge in [0, 0.05) is 10.9 Å². The first-order valence-electron chi connectivity index (χ1n) is 5.89. The molecule has 0 radical (unpaired) electrons. The first kappa shape index (κ1) is 12.5. The Hall–Kier alpha value is -2.54. The lowest BCUT2D eigenvalue weighted by atomic mass is 10.2. The summed E-state index contributed by atoms with van der Waals surface area (Å²) in [7, 11) is 0. The molecule has 1 amide bonds. The number of anilines is 1. The summed E-state index contributed by atoms with van der Waals surface area (Å²) in [5, 5.41) is 11.2. The van der Waals surface area contributed by atoms with Gasteiger partial charge in [-0.1, -0.05) is 30.3 Å². The minimum absolute atomic E-state index is 0.168. The minimum Gasteiger partial charge on any atom is -0.322 e. The smallest absolute Gasteiger partial charge is 0.303 e. The van der Waals surface area contributed by atoms with Crippen LogP contribution >= 0.6 is 11.3 Å². The average Bonchev–Trinajstić information content (AvgIpc) is 3.05. The predicted octanol–water partition coefficient (Wildman–Crippen LogP) is 1.85. The molecule has 6 nitrogen and oxygen atoms in total. The summed E-state index contributed by atoms with van der Waals surface area (Å²) in [5.41, 5.74) is 2.47. The van der Waals surface area contributed by atoms with Crippen LogP contribution in [0.3, 0.4) is 0 Å². The van der Waals surface area contributed by atoms with Gasteiger partial charge in [-0.05, 0) is 6.92 Å². The highest BCUT2D eigenvalue weighted by molar-refractivity contribution is 7.14. The molecule has 1 aliphatic heterocycles. The van der Waals surface area contributed by atoms with Gasteiger partial charge in [-0.15, -0.1) is 11.3 Å². The molecular formula is C13H11N5OS. The fourth-order valence-corrected chi connectivity index (χ4v) is 2.66. The number of carbonyl (C=O) groups excluding carboxylic acids is 1. The van der Waals surface area contributed by atoms with Crippen molar-refractivity contribution >= 4 is 33.8 Å². The van der Waals surface area contributed by atoms with Crippen LogP contribution in [-0.2, 0) is 4.79 Å². The topological polar surface area (TPSA) is 83.9 Å². The number of nitrogens with two attached hydrogens (primary N) is 1. The zero-order valence-electron chi connectivity index (χ0n) is 10.6. The molecule has 0 aliphatic carbocycles. The van der Waals surface area contributed by atoms with Crippen molar-refractivity contribution in [2.24, 2.45) is 16.0 Å². The number of hydrogen-bond donors (Lipinski definition) is 1. The summed E-state index contributed by atoms with van der Waals surface area (Å²) in [5.74, 6) is 4.85. The number of carbonyl (C=O) groups is 1. The normalized spacial score (nSPS) is 16.9. The maximum absolute atomic E-state index is 12.1. The fraction of sp³-hybridized carbons (Fsp3) is 0.0769. The van der Waals surface area contributed by atoms with E-state index in [4.69, 9.17) is 5.84 Å². The number of hydrazone groups is 2. The molecule has 1 aliphatic rings. The Bertz CT molecular complexity index is 719. The molecule has 3 rings (SSSR count). The summed E-state index contributed by atoms with van der Waals surface area (Å²) in [6.07, 6.45) is 0. The lowest BCUT2D eigenvalue weighted by Crippen LogP contribution is -2.27. The zero-order valence-corrected chi connectivity index (χ0v) is 11.5. The van der Waals surface area contributed by atoms with Gasteiger partial charge in [0.05, 0.1) is 11.4 Å². The maximum Gasteiger partial charge on any atom is 0.303 e. The number of aromatic nitrogens is 1. The van der Waals surface area contributed by atoms with E-state index in [1.807, 2.05) is 35.7 Å². The molecule has 2 N–H and O–H groups in total. The van der Waals surface area contributed by atoms with Crippen LogP contribution in [0.4, 0.5) is 5.13 Å². The number of amides is 1. The van der Waals surface area contributed by atoms with E-state index < -0.39 is 0 Å². The second-order valence-corrected chi connectivity index (χ2v) is 5.00. The summed E-state index contributed by atoms with van der Waals surface area (Å²) in [6, 6.07) is 9.75. The van der Waals surface area contributed by atoms with Crippen LogP contribution in [-0.4, -0.2) is 22.3 Å². The predicted molar refractivity (Wildman–Crippen MR) is 79.8 cm³/mol. The Kier molecular flexibility index (Phi) is 3.03. The Labute approximate surface area is 119 Å². The molecule has 0 spiro atoms. The van der Waals surface area contributed by atoms with E-state index in [1.165, 1.54) is 16.3 Å². The first-order valence-corrected chi connectivity index (χ1v) is 6.77. The third-order valence-electron chi connectivity index (χ3n) is 2.86. The third-order valence-corrected chi connectivity index (χ3v) is 3.68. The highest BCUT2D eigenvalue weighted by Crippen LogP contribution is 2.29. The Morgan fingerprint density at radius 3 is 2.70 bits per heavy atom. The van der Waals surface area contributed by atoms with Crippen molar-refractivity contribution in [1.82, 2.24) is 4.98 Å². The monoisotopic (exact) mass is 285 g/mol. The third kappa shape index (κ3) is 1.97. The average molecular weight is 285 g/mol. The fourth-order valence-electron chi connectivity index (χ4n) is 1.88. The van der Waals surface area contributed by atoms with Crippen molar-refractivity contribution in [2.45, 2.75) is 6.92 Å². The largest absolute Gasteiger partial charge is 0.322 e. The van der Waals surface area contributed by atoms with Crippen molar-refractivity contribution in [2.75, 3.05) is 5.01 Å². The SMILES string of the molecule is CC1=NN(c2nc(-c3ccccc3)cs2)C(=O)/C1=N/N. The van der Waals surface area contributed by atoms with Gasteiger partial charge >= 0.3 is 5.91 Å². The van der Waals surface area contributed by atoms with Crippen molar-refractivity contribution in [3.05, 3.63) is 35.7 Å². The van der Waals surface area contributed by atoms with Gasteiger partial charge in [-0.3, -0.25) is 4.79 Å². The lowest BCUT2D eigenvalue weighted by molar-refractivity contribution is -0.112. The van der Waals surface area contributed by atoms with Crippen LogP contribution in [0.5, 0.6) is 0 Å². The zero-order chi connectivity index (χ0) is 14.1. The van der Waals surface area contributed by atoms with E-state index in [1.54, 1.807) is 6.92 Å². The molecule has 0 atom stereocenters. The molecule has 0 fully saturated rings. The molecule has 0 bridgehead atoms. The van der Waals surface area contributed by atoms with Gasteiger partial charge in [-0.25, -0.2) is 4.98 Å². The molecule has 0 saturated carbocycles. The van der Waals surface area contributed by atoms with Crippen molar-refractivity contribution < 1.29 is 4.79 Å². The molecule has 0 unspecified atom stereocenters. The Balaban J connectivity index is 1.94. The molecule has 7 heteroatoms. The van der Waals surface area contributed by atoms with E-state index in [0.717, 1.165) is 11.3 Å². The van der Waals surface area contributed by atoms with E-state index in [9.17, 15) is 4.79 Å². The van der Waals surface area contributed by atoms with Gasteiger partial charge < -0.3 is 5.84 Å². The quantitative estimate of drug-likeness (QED) is 0.675. The molecule has 2 heterocycles. The van der Waals surface area contributed by atoms with Crippen molar-refractivity contribution in [3.63, 3.8) is 0 Å². The van der Waals surface area contributed by atoms with E-state index >= 15 is 0 Å². The Morgan fingerprint density at radius 1 is 1.30 bits per heavy atom. The van der Waals surface area contributed by atoms with Crippen molar-refractivity contribution in [1.29, 1.82) is 0 Å². The molecule has 20 heavy (non-hydrogen) atoms.